The maximum atomic E-state index is 5.66. The molecule has 0 fully saturated rings. The van der Waals surface area contributed by atoms with Gasteiger partial charge in [0.1, 0.15) is 0 Å². The van der Waals surface area contributed by atoms with Gasteiger partial charge in [0.2, 0.25) is 0 Å². The van der Waals surface area contributed by atoms with Gasteiger partial charge in [-0.15, -0.1) is 0 Å². The van der Waals surface area contributed by atoms with Gasteiger partial charge in [0.05, 0.1) is 6.20 Å². The summed E-state index contributed by atoms with van der Waals surface area (Å²) in [6.45, 7) is 4.30. The normalized spacial score (nSPS) is 10.9. The first-order chi connectivity index (χ1) is 7.18. The molecule has 0 saturated heterocycles. The number of oxazole rings is 1. The summed E-state index contributed by atoms with van der Waals surface area (Å²) >= 11 is 5.66. The first kappa shape index (κ1) is 10.2. The first-order valence-electron chi connectivity index (χ1n) is 4.89. The number of hydrogen-bond acceptors (Lipinski definition) is 2. The van der Waals surface area contributed by atoms with E-state index in [2.05, 4.69) is 24.9 Å². The fraction of sp³-hybridized carbons (Fsp3) is 0.250. The summed E-state index contributed by atoms with van der Waals surface area (Å²) in [7, 11) is 0. The molecule has 0 N–H and O–H groups in total. The third-order valence-corrected chi connectivity index (χ3v) is 2.50. The Hall–Kier alpha value is -1.28. The molecule has 2 aromatic rings. The highest BCUT2D eigenvalue weighted by Gasteiger charge is 2.11. The lowest BCUT2D eigenvalue weighted by molar-refractivity contribution is 0.573. The predicted molar refractivity (Wildman–Crippen MR) is 61.0 cm³/mol. The highest BCUT2D eigenvalue weighted by molar-refractivity contribution is 6.27. The van der Waals surface area contributed by atoms with Gasteiger partial charge in [0.15, 0.2) is 5.76 Å². The van der Waals surface area contributed by atoms with E-state index in [-0.39, 0.29) is 5.35 Å². The van der Waals surface area contributed by atoms with E-state index in [4.69, 9.17) is 16.0 Å². The van der Waals surface area contributed by atoms with Crippen LogP contribution in [-0.4, -0.2) is 4.98 Å². The zero-order valence-electron chi connectivity index (χ0n) is 8.70. The highest BCUT2D eigenvalue weighted by Crippen LogP contribution is 2.30. The molecule has 0 spiro atoms. The SMILES string of the molecule is CC(C)c1ccccc1-c1cnc(Cl)o1. The Balaban J connectivity index is 2.52. The largest absolute Gasteiger partial charge is 0.428 e. The zero-order chi connectivity index (χ0) is 10.8. The molecule has 0 unspecified atom stereocenters. The Bertz CT molecular complexity index is 462. The topological polar surface area (TPSA) is 26.0 Å². The van der Waals surface area contributed by atoms with Crippen molar-refractivity contribution in [3.05, 3.63) is 41.4 Å². The van der Waals surface area contributed by atoms with Crippen molar-refractivity contribution in [3.8, 4) is 11.3 Å². The number of halogens is 1. The lowest BCUT2D eigenvalue weighted by Crippen LogP contribution is -1.90. The molecule has 3 heteroatoms. The maximum Gasteiger partial charge on any atom is 0.292 e. The van der Waals surface area contributed by atoms with Crippen molar-refractivity contribution in [1.82, 2.24) is 4.98 Å². The Kier molecular flexibility index (Phi) is 2.78. The van der Waals surface area contributed by atoms with Gasteiger partial charge >= 0.3 is 0 Å². The predicted octanol–water partition coefficient (Wildman–Crippen LogP) is 4.12. The average Bonchev–Trinajstić information content (AvgIpc) is 2.65. The summed E-state index contributed by atoms with van der Waals surface area (Å²) in [4.78, 5) is 3.89. The molecule has 0 bridgehead atoms. The number of nitrogens with zero attached hydrogens (tertiary/aromatic N) is 1. The number of aromatic nitrogens is 1. The Morgan fingerprint density at radius 3 is 2.60 bits per heavy atom. The molecule has 0 aliphatic heterocycles. The van der Waals surface area contributed by atoms with Crippen molar-refractivity contribution in [2.24, 2.45) is 0 Å². The molecule has 2 rings (SSSR count). The monoisotopic (exact) mass is 221 g/mol. The standard InChI is InChI=1S/C12H12ClNO/c1-8(2)9-5-3-4-6-10(9)11-7-14-12(13)15-11/h3-8H,1-2H3. The summed E-state index contributed by atoms with van der Waals surface area (Å²) < 4.78 is 5.31. The highest BCUT2D eigenvalue weighted by atomic mass is 35.5. The molecule has 1 heterocycles. The van der Waals surface area contributed by atoms with Gasteiger partial charge in [0, 0.05) is 5.56 Å². The molecule has 0 radical (unpaired) electrons. The van der Waals surface area contributed by atoms with Crippen LogP contribution in [0.5, 0.6) is 0 Å². The van der Waals surface area contributed by atoms with Crippen molar-refractivity contribution in [2.45, 2.75) is 19.8 Å². The van der Waals surface area contributed by atoms with Gasteiger partial charge < -0.3 is 4.42 Å². The summed E-state index contributed by atoms with van der Waals surface area (Å²) in [5.74, 6) is 1.18. The molecule has 0 aliphatic rings. The smallest absolute Gasteiger partial charge is 0.292 e. The van der Waals surface area contributed by atoms with E-state index in [1.165, 1.54) is 5.56 Å². The number of hydrogen-bond donors (Lipinski definition) is 0. The van der Waals surface area contributed by atoms with Crippen molar-refractivity contribution < 1.29 is 4.42 Å². The molecule has 78 valence electrons. The minimum absolute atomic E-state index is 0.184. The molecule has 15 heavy (non-hydrogen) atoms. The van der Waals surface area contributed by atoms with E-state index in [0.29, 0.717) is 5.92 Å². The lowest BCUT2D eigenvalue weighted by atomic mass is 9.96. The van der Waals surface area contributed by atoms with E-state index in [9.17, 15) is 0 Å². The average molecular weight is 222 g/mol. The number of benzene rings is 1. The molecule has 0 saturated carbocycles. The Morgan fingerprint density at radius 1 is 1.27 bits per heavy atom. The molecule has 0 aliphatic carbocycles. The summed E-state index contributed by atoms with van der Waals surface area (Å²) in [6.07, 6.45) is 1.66. The minimum Gasteiger partial charge on any atom is -0.428 e. The summed E-state index contributed by atoms with van der Waals surface area (Å²) in [6, 6.07) is 8.12. The molecular formula is C12H12ClNO. The van der Waals surface area contributed by atoms with Crippen molar-refractivity contribution >= 4 is 11.6 Å². The van der Waals surface area contributed by atoms with Crippen molar-refractivity contribution in [1.29, 1.82) is 0 Å². The Labute approximate surface area is 93.9 Å². The van der Waals surface area contributed by atoms with E-state index in [1.54, 1.807) is 6.20 Å². The maximum absolute atomic E-state index is 5.66. The molecule has 1 aromatic heterocycles. The fourth-order valence-electron chi connectivity index (χ4n) is 1.60. The number of rotatable bonds is 2. The van der Waals surface area contributed by atoms with Crippen LogP contribution in [0, 0.1) is 0 Å². The second-order valence-electron chi connectivity index (χ2n) is 3.72. The summed E-state index contributed by atoms with van der Waals surface area (Å²) in [5, 5.41) is 0.184. The van der Waals surface area contributed by atoms with E-state index < -0.39 is 0 Å². The quantitative estimate of drug-likeness (QED) is 0.763. The molecule has 0 atom stereocenters. The van der Waals surface area contributed by atoms with E-state index in [1.807, 2.05) is 18.2 Å². The van der Waals surface area contributed by atoms with Crippen LogP contribution >= 0.6 is 11.6 Å². The van der Waals surface area contributed by atoms with Gasteiger partial charge in [-0.05, 0) is 23.1 Å². The van der Waals surface area contributed by atoms with Crippen molar-refractivity contribution in [2.75, 3.05) is 0 Å². The van der Waals surface area contributed by atoms with Gasteiger partial charge in [-0.25, -0.2) is 4.98 Å². The molecular weight excluding hydrogens is 210 g/mol. The van der Waals surface area contributed by atoms with Gasteiger partial charge in [-0.3, -0.25) is 0 Å². The van der Waals surface area contributed by atoms with Crippen LogP contribution < -0.4 is 0 Å². The van der Waals surface area contributed by atoms with Crippen molar-refractivity contribution in [3.63, 3.8) is 0 Å². The van der Waals surface area contributed by atoms with E-state index >= 15 is 0 Å². The zero-order valence-corrected chi connectivity index (χ0v) is 9.45. The van der Waals surface area contributed by atoms with Crippen LogP contribution in [0.4, 0.5) is 0 Å². The Morgan fingerprint density at radius 2 is 2.00 bits per heavy atom. The minimum atomic E-state index is 0.184. The second kappa shape index (κ2) is 4.07. The summed E-state index contributed by atoms with van der Waals surface area (Å²) in [5.41, 5.74) is 2.30. The van der Waals surface area contributed by atoms with Gasteiger partial charge in [-0.1, -0.05) is 38.1 Å². The van der Waals surface area contributed by atoms with Gasteiger partial charge in [-0.2, -0.15) is 0 Å². The molecule has 1 aromatic carbocycles. The lowest BCUT2D eigenvalue weighted by Gasteiger charge is -2.09. The fourth-order valence-corrected chi connectivity index (χ4v) is 1.73. The van der Waals surface area contributed by atoms with Crippen LogP contribution in [0.1, 0.15) is 25.3 Å². The first-order valence-corrected chi connectivity index (χ1v) is 5.27. The third-order valence-electron chi connectivity index (χ3n) is 2.33. The van der Waals surface area contributed by atoms with Crippen LogP contribution in [-0.2, 0) is 0 Å². The third kappa shape index (κ3) is 2.05. The van der Waals surface area contributed by atoms with Crippen LogP contribution in [0.15, 0.2) is 34.9 Å². The van der Waals surface area contributed by atoms with Crippen LogP contribution in [0.25, 0.3) is 11.3 Å². The van der Waals surface area contributed by atoms with Crippen LogP contribution in [0.3, 0.4) is 0 Å². The molecule has 0 amide bonds. The molecule has 2 nitrogen and oxygen atoms in total. The van der Waals surface area contributed by atoms with Gasteiger partial charge in [0.25, 0.3) is 5.35 Å². The van der Waals surface area contributed by atoms with E-state index in [0.717, 1.165) is 11.3 Å². The van der Waals surface area contributed by atoms with Crippen LogP contribution in [0.2, 0.25) is 5.35 Å². The second-order valence-corrected chi connectivity index (χ2v) is 4.04.